The van der Waals surface area contributed by atoms with E-state index in [1.54, 1.807) is 42.3 Å². The highest BCUT2D eigenvalue weighted by molar-refractivity contribution is 5.90. The van der Waals surface area contributed by atoms with Crippen molar-refractivity contribution in [3.8, 4) is 11.3 Å². The Hall–Kier alpha value is -3.32. The first-order chi connectivity index (χ1) is 13.9. The number of aliphatic hydroxyl groups excluding tert-OH is 1. The second-order valence-corrected chi connectivity index (χ2v) is 7.26. The van der Waals surface area contributed by atoms with Crippen LogP contribution in [-0.4, -0.2) is 31.0 Å². The van der Waals surface area contributed by atoms with E-state index in [4.69, 9.17) is 0 Å². The molecule has 0 fully saturated rings. The van der Waals surface area contributed by atoms with Crippen molar-refractivity contribution in [1.29, 1.82) is 0 Å². The number of benzene rings is 1. The molecule has 0 unspecified atom stereocenters. The van der Waals surface area contributed by atoms with E-state index in [0.29, 0.717) is 17.8 Å². The molecule has 7 heteroatoms. The van der Waals surface area contributed by atoms with Crippen LogP contribution in [0.5, 0.6) is 0 Å². The molecule has 1 atom stereocenters. The van der Waals surface area contributed by atoms with Gasteiger partial charge in [-0.1, -0.05) is 11.6 Å². The van der Waals surface area contributed by atoms with Gasteiger partial charge in [0.15, 0.2) is 0 Å². The van der Waals surface area contributed by atoms with Crippen molar-refractivity contribution in [3.63, 3.8) is 0 Å². The predicted octanol–water partition coefficient (Wildman–Crippen LogP) is 4.37. The summed E-state index contributed by atoms with van der Waals surface area (Å²) in [6, 6.07) is 8.69. The summed E-state index contributed by atoms with van der Waals surface area (Å²) in [5.74, 6) is -0.306. The van der Waals surface area contributed by atoms with Gasteiger partial charge >= 0.3 is 0 Å². The van der Waals surface area contributed by atoms with Gasteiger partial charge in [-0.2, -0.15) is 5.10 Å². The number of nitrogens with one attached hydrogen (secondary N) is 1. The molecule has 148 valence electrons. The molecule has 29 heavy (non-hydrogen) atoms. The third-order valence-electron chi connectivity index (χ3n) is 4.74. The van der Waals surface area contributed by atoms with Gasteiger partial charge < -0.3 is 10.4 Å². The second kappa shape index (κ2) is 7.60. The SMILES string of the molecule is Cc1ccc(F)c(-c2cc(Nc3ccnc4cnn(C[C@@H](C)O)c34)c(C)cn2)c1. The van der Waals surface area contributed by atoms with Crippen LogP contribution in [0.15, 0.2) is 48.9 Å². The normalized spacial score (nSPS) is 12.3. The summed E-state index contributed by atoms with van der Waals surface area (Å²) < 4.78 is 16.1. The lowest BCUT2D eigenvalue weighted by molar-refractivity contribution is 0.170. The minimum absolute atomic E-state index is 0.306. The highest BCUT2D eigenvalue weighted by atomic mass is 19.1. The smallest absolute Gasteiger partial charge is 0.132 e. The highest BCUT2D eigenvalue weighted by Crippen LogP contribution is 2.30. The van der Waals surface area contributed by atoms with Crippen molar-refractivity contribution in [2.45, 2.75) is 33.4 Å². The van der Waals surface area contributed by atoms with Crippen LogP contribution in [0.25, 0.3) is 22.3 Å². The fraction of sp³-hybridized carbons (Fsp3) is 0.227. The minimum Gasteiger partial charge on any atom is -0.391 e. The van der Waals surface area contributed by atoms with Gasteiger partial charge in [0.1, 0.15) is 16.9 Å². The maximum atomic E-state index is 14.4. The molecular weight excluding hydrogens is 369 g/mol. The van der Waals surface area contributed by atoms with Crippen molar-refractivity contribution < 1.29 is 9.50 Å². The Morgan fingerprint density at radius 1 is 1.10 bits per heavy atom. The van der Waals surface area contributed by atoms with Crippen LogP contribution in [-0.2, 0) is 6.54 Å². The first-order valence-corrected chi connectivity index (χ1v) is 9.41. The third-order valence-corrected chi connectivity index (χ3v) is 4.74. The van der Waals surface area contributed by atoms with E-state index in [0.717, 1.165) is 33.5 Å². The molecule has 0 amide bonds. The number of rotatable bonds is 5. The predicted molar refractivity (Wildman–Crippen MR) is 112 cm³/mol. The first-order valence-electron chi connectivity index (χ1n) is 9.41. The van der Waals surface area contributed by atoms with Gasteiger partial charge in [0.25, 0.3) is 0 Å². The maximum absolute atomic E-state index is 14.4. The Morgan fingerprint density at radius 3 is 2.72 bits per heavy atom. The Bertz CT molecular complexity index is 1190. The van der Waals surface area contributed by atoms with E-state index >= 15 is 0 Å². The summed E-state index contributed by atoms with van der Waals surface area (Å²) in [5.41, 5.74) is 6.06. The number of aliphatic hydroxyl groups is 1. The molecule has 4 aromatic rings. The van der Waals surface area contributed by atoms with Crippen molar-refractivity contribution in [2.24, 2.45) is 0 Å². The number of aromatic nitrogens is 4. The highest BCUT2D eigenvalue weighted by Gasteiger charge is 2.14. The number of halogens is 1. The molecule has 3 aromatic heterocycles. The molecule has 0 aliphatic rings. The van der Waals surface area contributed by atoms with Crippen molar-refractivity contribution in [2.75, 3.05) is 5.32 Å². The summed E-state index contributed by atoms with van der Waals surface area (Å²) in [5, 5.41) is 17.5. The van der Waals surface area contributed by atoms with Crippen molar-refractivity contribution >= 4 is 22.4 Å². The molecule has 0 aliphatic heterocycles. The van der Waals surface area contributed by atoms with Crippen molar-refractivity contribution in [1.82, 2.24) is 19.7 Å². The molecule has 0 spiro atoms. The zero-order chi connectivity index (χ0) is 20.5. The molecule has 0 radical (unpaired) electrons. The van der Waals surface area contributed by atoms with Crippen LogP contribution in [0, 0.1) is 19.7 Å². The van der Waals surface area contributed by atoms with E-state index in [2.05, 4.69) is 20.4 Å². The molecule has 4 rings (SSSR count). The summed E-state index contributed by atoms with van der Waals surface area (Å²) in [7, 11) is 0. The number of hydrogen-bond donors (Lipinski definition) is 2. The van der Waals surface area contributed by atoms with E-state index in [9.17, 15) is 9.50 Å². The van der Waals surface area contributed by atoms with Crippen LogP contribution < -0.4 is 5.32 Å². The van der Waals surface area contributed by atoms with Crippen LogP contribution in [0.4, 0.5) is 15.8 Å². The third kappa shape index (κ3) is 3.82. The van der Waals surface area contributed by atoms with Gasteiger partial charge in [-0.3, -0.25) is 14.6 Å². The standard InChI is InChI=1S/C22H22FN5O/c1-13-4-5-17(23)16(8-13)20-9-19(14(2)10-25-20)27-18-6-7-24-21-11-26-28(22(18)21)12-15(3)29/h4-11,15,29H,12H2,1-3H3,(H,24,25,27)/t15-/m1/s1. The number of aryl methyl sites for hydroxylation is 2. The molecule has 0 aliphatic carbocycles. The van der Waals surface area contributed by atoms with Gasteiger partial charge in [0, 0.05) is 23.6 Å². The summed E-state index contributed by atoms with van der Waals surface area (Å²) in [4.78, 5) is 8.77. The monoisotopic (exact) mass is 391 g/mol. The second-order valence-electron chi connectivity index (χ2n) is 7.26. The maximum Gasteiger partial charge on any atom is 0.132 e. The van der Waals surface area contributed by atoms with Gasteiger partial charge in [-0.15, -0.1) is 0 Å². The van der Waals surface area contributed by atoms with Gasteiger partial charge in [-0.25, -0.2) is 4.39 Å². The average molecular weight is 391 g/mol. The number of fused-ring (bicyclic) bond motifs is 1. The van der Waals surface area contributed by atoms with Crippen LogP contribution in [0.2, 0.25) is 0 Å². The lowest BCUT2D eigenvalue weighted by atomic mass is 10.1. The topological polar surface area (TPSA) is 75.9 Å². The Morgan fingerprint density at radius 2 is 1.93 bits per heavy atom. The zero-order valence-corrected chi connectivity index (χ0v) is 16.5. The molecule has 3 heterocycles. The molecule has 1 aromatic carbocycles. The van der Waals surface area contributed by atoms with E-state index < -0.39 is 6.10 Å². The number of hydrogen-bond acceptors (Lipinski definition) is 5. The average Bonchev–Trinajstić information content (AvgIpc) is 3.09. The lowest BCUT2D eigenvalue weighted by Gasteiger charge is -2.14. The Labute approximate surface area is 168 Å². The molecule has 0 saturated carbocycles. The largest absolute Gasteiger partial charge is 0.391 e. The zero-order valence-electron chi connectivity index (χ0n) is 16.5. The number of anilines is 2. The molecule has 6 nitrogen and oxygen atoms in total. The summed E-state index contributed by atoms with van der Waals surface area (Å²) in [6.07, 6.45) is 4.57. The molecule has 0 bridgehead atoms. The molecule has 2 N–H and O–H groups in total. The van der Waals surface area contributed by atoms with E-state index in [-0.39, 0.29) is 5.82 Å². The molecule has 0 saturated heterocycles. The van der Waals surface area contributed by atoms with E-state index in [1.807, 2.05) is 26.0 Å². The number of nitrogens with zero attached hydrogens (tertiary/aromatic N) is 4. The molecular formula is C22H22FN5O. The van der Waals surface area contributed by atoms with Gasteiger partial charge in [0.2, 0.25) is 0 Å². The lowest BCUT2D eigenvalue weighted by Crippen LogP contribution is -2.13. The summed E-state index contributed by atoms with van der Waals surface area (Å²) in [6.45, 7) is 5.94. The number of pyridine rings is 2. The fourth-order valence-electron chi connectivity index (χ4n) is 3.29. The first kappa shape index (κ1) is 19.0. The quantitative estimate of drug-likeness (QED) is 0.528. The van der Waals surface area contributed by atoms with E-state index in [1.165, 1.54) is 6.07 Å². The van der Waals surface area contributed by atoms with Crippen molar-refractivity contribution in [3.05, 3.63) is 65.9 Å². The summed E-state index contributed by atoms with van der Waals surface area (Å²) >= 11 is 0. The fourth-order valence-corrected chi connectivity index (χ4v) is 3.29. The van der Waals surface area contributed by atoms with Crippen LogP contribution in [0.3, 0.4) is 0 Å². The van der Waals surface area contributed by atoms with Gasteiger partial charge in [-0.05, 0) is 50.6 Å². The van der Waals surface area contributed by atoms with Crippen LogP contribution >= 0.6 is 0 Å². The van der Waals surface area contributed by atoms with Crippen LogP contribution in [0.1, 0.15) is 18.1 Å². The minimum atomic E-state index is -0.537. The van der Waals surface area contributed by atoms with Gasteiger partial charge in [0.05, 0.1) is 30.2 Å². The Balaban J connectivity index is 1.77. The Kier molecular flexibility index (Phi) is 4.98.